The maximum absolute atomic E-state index is 10.3. The first kappa shape index (κ1) is 14.9. The summed E-state index contributed by atoms with van der Waals surface area (Å²) in [5, 5.41) is 13.8. The highest BCUT2D eigenvalue weighted by Gasteiger charge is 2.25. The average molecular weight is 279 g/mol. The molecule has 0 heterocycles. The molecule has 0 amide bonds. The van der Waals surface area contributed by atoms with E-state index in [9.17, 15) is 5.11 Å². The van der Waals surface area contributed by atoms with Crippen molar-refractivity contribution in [2.45, 2.75) is 56.7 Å². The number of benzene rings is 1. The summed E-state index contributed by atoms with van der Waals surface area (Å²) >= 11 is 1.74. The predicted octanol–water partition coefficient (Wildman–Crippen LogP) is 3.44. The second-order valence-corrected chi connectivity index (χ2v) is 7.15. The van der Waals surface area contributed by atoms with Crippen LogP contribution in [0.2, 0.25) is 0 Å². The molecule has 1 unspecified atom stereocenters. The fourth-order valence-corrected chi connectivity index (χ4v) is 2.89. The number of rotatable bonds is 7. The van der Waals surface area contributed by atoms with Crippen molar-refractivity contribution in [3.8, 4) is 0 Å². The van der Waals surface area contributed by atoms with Gasteiger partial charge in [-0.2, -0.15) is 0 Å². The number of thioether (sulfide) groups is 1. The number of hydrogen-bond acceptors (Lipinski definition) is 3. The van der Waals surface area contributed by atoms with Gasteiger partial charge in [0.05, 0.1) is 5.60 Å². The van der Waals surface area contributed by atoms with Crippen molar-refractivity contribution < 1.29 is 5.11 Å². The monoisotopic (exact) mass is 279 g/mol. The molecule has 3 heteroatoms. The van der Waals surface area contributed by atoms with E-state index in [1.165, 1.54) is 23.3 Å². The summed E-state index contributed by atoms with van der Waals surface area (Å²) in [6.07, 6.45) is 2.65. The molecule has 1 atom stereocenters. The first-order chi connectivity index (χ1) is 8.97. The van der Waals surface area contributed by atoms with Crippen LogP contribution in [0, 0.1) is 5.92 Å². The summed E-state index contributed by atoms with van der Waals surface area (Å²) in [6.45, 7) is 7.01. The van der Waals surface area contributed by atoms with Crippen LogP contribution in [0.1, 0.15) is 39.2 Å². The summed E-state index contributed by atoms with van der Waals surface area (Å²) in [5.41, 5.74) is 0.730. The van der Waals surface area contributed by atoms with E-state index in [4.69, 9.17) is 0 Å². The smallest absolute Gasteiger partial charge is 0.0736 e. The molecule has 0 spiro atoms. The molecule has 1 aliphatic carbocycles. The zero-order valence-corrected chi connectivity index (χ0v) is 13.0. The Morgan fingerprint density at radius 1 is 1.42 bits per heavy atom. The fourth-order valence-electron chi connectivity index (χ4n) is 1.69. The number of hydrogen-bond donors (Lipinski definition) is 2. The molecule has 0 radical (unpaired) electrons. The molecular weight excluding hydrogens is 254 g/mol. The van der Waals surface area contributed by atoms with Gasteiger partial charge in [-0.3, -0.25) is 0 Å². The van der Waals surface area contributed by atoms with E-state index in [0.717, 1.165) is 18.3 Å². The molecule has 0 aromatic heterocycles. The Hall–Kier alpha value is -0.510. The van der Waals surface area contributed by atoms with Gasteiger partial charge in [0, 0.05) is 23.2 Å². The van der Waals surface area contributed by atoms with Gasteiger partial charge in [0.15, 0.2) is 0 Å². The van der Waals surface area contributed by atoms with Crippen LogP contribution in [0.5, 0.6) is 0 Å². The zero-order chi connectivity index (χ0) is 13.9. The lowest BCUT2D eigenvalue weighted by Gasteiger charge is -2.27. The van der Waals surface area contributed by atoms with Crippen LogP contribution in [0.15, 0.2) is 29.2 Å². The van der Waals surface area contributed by atoms with Crippen LogP contribution >= 0.6 is 11.8 Å². The molecule has 1 aromatic rings. The minimum Gasteiger partial charge on any atom is -0.389 e. The Bertz CT molecular complexity index is 413. The second-order valence-electron chi connectivity index (χ2n) is 6.10. The SMILES string of the molecule is CC(C)C(C)(O)CSc1cccc(CNC2CC2)c1. The predicted molar refractivity (Wildman–Crippen MR) is 82.5 cm³/mol. The van der Waals surface area contributed by atoms with Gasteiger partial charge in [0.2, 0.25) is 0 Å². The van der Waals surface area contributed by atoms with E-state index in [1.54, 1.807) is 11.8 Å². The Morgan fingerprint density at radius 3 is 2.79 bits per heavy atom. The molecule has 1 aromatic carbocycles. The Labute approximate surface area is 121 Å². The summed E-state index contributed by atoms with van der Waals surface area (Å²) < 4.78 is 0. The van der Waals surface area contributed by atoms with E-state index in [1.807, 2.05) is 6.92 Å². The maximum atomic E-state index is 10.3. The third kappa shape index (κ3) is 4.83. The van der Waals surface area contributed by atoms with Crippen LogP contribution in [0.3, 0.4) is 0 Å². The molecule has 2 N–H and O–H groups in total. The van der Waals surface area contributed by atoms with Crippen molar-refractivity contribution in [3.63, 3.8) is 0 Å². The molecule has 1 fully saturated rings. The lowest BCUT2D eigenvalue weighted by atomic mass is 9.95. The molecule has 2 rings (SSSR count). The molecule has 0 bridgehead atoms. The van der Waals surface area contributed by atoms with E-state index in [0.29, 0.717) is 0 Å². The van der Waals surface area contributed by atoms with Crippen LogP contribution in [0.4, 0.5) is 0 Å². The van der Waals surface area contributed by atoms with Gasteiger partial charge in [-0.1, -0.05) is 26.0 Å². The minimum absolute atomic E-state index is 0.278. The third-order valence-corrected chi connectivity index (χ3v) is 5.16. The summed E-state index contributed by atoms with van der Waals surface area (Å²) in [6, 6.07) is 9.38. The molecule has 0 aliphatic heterocycles. The highest BCUT2D eigenvalue weighted by molar-refractivity contribution is 7.99. The quantitative estimate of drug-likeness (QED) is 0.750. The van der Waals surface area contributed by atoms with Crippen LogP contribution in [-0.2, 0) is 6.54 Å². The highest BCUT2D eigenvalue weighted by Crippen LogP contribution is 2.28. The zero-order valence-electron chi connectivity index (χ0n) is 12.1. The molecule has 19 heavy (non-hydrogen) atoms. The maximum Gasteiger partial charge on any atom is 0.0736 e. The highest BCUT2D eigenvalue weighted by atomic mass is 32.2. The van der Waals surface area contributed by atoms with Crippen LogP contribution in [0.25, 0.3) is 0 Å². The lowest BCUT2D eigenvalue weighted by Crippen LogP contribution is -2.33. The van der Waals surface area contributed by atoms with Crippen molar-refractivity contribution in [1.29, 1.82) is 0 Å². The van der Waals surface area contributed by atoms with Crippen molar-refractivity contribution in [2.24, 2.45) is 5.92 Å². The van der Waals surface area contributed by atoms with E-state index < -0.39 is 5.60 Å². The molecule has 0 saturated heterocycles. The molecule has 1 aliphatic rings. The second kappa shape index (κ2) is 6.29. The van der Waals surface area contributed by atoms with Crippen LogP contribution in [-0.4, -0.2) is 22.5 Å². The summed E-state index contributed by atoms with van der Waals surface area (Å²) in [7, 11) is 0. The van der Waals surface area contributed by atoms with E-state index >= 15 is 0 Å². The first-order valence-corrected chi connectivity index (χ1v) is 8.13. The van der Waals surface area contributed by atoms with Crippen LogP contribution < -0.4 is 5.32 Å². The van der Waals surface area contributed by atoms with E-state index in [2.05, 4.69) is 43.4 Å². The largest absolute Gasteiger partial charge is 0.389 e. The molecule has 2 nitrogen and oxygen atoms in total. The standard InChI is InChI=1S/C16H25NOS/c1-12(2)16(3,18)11-19-15-6-4-5-13(9-15)10-17-14-7-8-14/h4-6,9,12,14,17-18H,7-8,10-11H2,1-3H3. The van der Waals surface area contributed by atoms with Gasteiger partial charge in [0.1, 0.15) is 0 Å². The lowest BCUT2D eigenvalue weighted by molar-refractivity contribution is 0.0376. The van der Waals surface area contributed by atoms with Crippen molar-refractivity contribution >= 4 is 11.8 Å². The third-order valence-electron chi connectivity index (χ3n) is 3.85. The molecule has 1 saturated carbocycles. The Kier molecular flexibility index (Phi) is 4.93. The molecular formula is C16H25NOS. The van der Waals surface area contributed by atoms with Gasteiger partial charge in [-0.25, -0.2) is 0 Å². The minimum atomic E-state index is -0.604. The Morgan fingerprint density at radius 2 is 2.16 bits per heavy atom. The van der Waals surface area contributed by atoms with Gasteiger partial charge in [-0.15, -0.1) is 11.8 Å². The molecule has 106 valence electrons. The Balaban J connectivity index is 1.87. The van der Waals surface area contributed by atoms with Crippen molar-refractivity contribution in [2.75, 3.05) is 5.75 Å². The summed E-state index contributed by atoms with van der Waals surface area (Å²) in [5.74, 6) is 1.02. The summed E-state index contributed by atoms with van der Waals surface area (Å²) in [4.78, 5) is 1.25. The number of nitrogens with one attached hydrogen (secondary N) is 1. The van der Waals surface area contributed by atoms with Gasteiger partial charge in [-0.05, 0) is 43.4 Å². The van der Waals surface area contributed by atoms with E-state index in [-0.39, 0.29) is 5.92 Å². The number of aliphatic hydroxyl groups is 1. The van der Waals surface area contributed by atoms with Gasteiger partial charge in [0.25, 0.3) is 0 Å². The first-order valence-electron chi connectivity index (χ1n) is 7.15. The normalized spacial score (nSPS) is 18.6. The average Bonchev–Trinajstić information content (AvgIpc) is 3.18. The fraction of sp³-hybridized carbons (Fsp3) is 0.625. The van der Waals surface area contributed by atoms with Crippen molar-refractivity contribution in [3.05, 3.63) is 29.8 Å². The van der Waals surface area contributed by atoms with Crippen molar-refractivity contribution in [1.82, 2.24) is 5.32 Å². The van der Waals surface area contributed by atoms with Gasteiger partial charge >= 0.3 is 0 Å². The van der Waals surface area contributed by atoms with Gasteiger partial charge < -0.3 is 10.4 Å². The topological polar surface area (TPSA) is 32.3 Å².